The van der Waals surface area contributed by atoms with Gasteiger partial charge in [0.2, 0.25) is 0 Å². The third-order valence-corrected chi connectivity index (χ3v) is 2.57. The second kappa shape index (κ2) is 7.38. The first-order valence-electron chi connectivity index (χ1n) is 5.96. The number of halogens is 3. The summed E-state index contributed by atoms with van der Waals surface area (Å²) in [4.78, 5) is 0. The first-order valence-corrected chi connectivity index (χ1v) is 5.96. The van der Waals surface area contributed by atoms with Crippen LogP contribution in [-0.4, -0.2) is 18.3 Å². The van der Waals surface area contributed by atoms with Crippen LogP contribution in [0.3, 0.4) is 0 Å². The van der Waals surface area contributed by atoms with Gasteiger partial charge in [0.15, 0.2) is 17.5 Å². The third kappa shape index (κ3) is 4.31. The summed E-state index contributed by atoms with van der Waals surface area (Å²) in [5.74, 6) is -4.11. The second-order valence-electron chi connectivity index (χ2n) is 4.07. The third-order valence-electron chi connectivity index (χ3n) is 2.57. The SMILES string of the molecule is CCCCOCCC(O)c1cc(F)c(F)c(F)c1. The maximum atomic E-state index is 12.9. The highest BCUT2D eigenvalue weighted by atomic mass is 19.2. The molecular formula is C13H17F3O2. The van der Waals surface area contributed by atoms with E-state index >= 15 is 0 Å². The Hall–Kier alpha value is -1.07. The topological polar surface area (TPSA) is 29.5 Å². The summed E-state index contributed by atoms with van der Waals surface area (Å²) >= 11 is 0. The van der Waals surface area contributed by atoms with Crippen LogP contribution in [-0.2, 0) is 4.74 Å². The predicted molar refractivity (Wildman–Crippen MR) is 61.6 cm³/mol. The van der Waals surface area contributed by atoms with E-state index in [1.165, 1.54) is 0 Å². The standard InChI is InChI=1S/C13H17F3O2/c1-2-3-5-18-6-4-12(17)9-7-10(14)13(16)11(15)8-9/h7-8,12,17H,2-6H2,1H3. The van der Waals surface area contributed by atoms with Crippen molar-refractivity contribution >= 4 is 0 Å². The predicted octanol–water partition coefficient (Wildman–Crippen LogP) is 3.34. The van der Waals surface area contributed by atoms with Crippen molar-refractivity contribution in [2.45, 2.75) is 32.3 Å². The highest BCUT2D eigenvalue weighted by molar-refractivity contribution is 5.21. The lowest BCUT2D eigenvalue weighted by Gasteiger charge is -2.12. The van der Waals surface area contributed by atoms with Gasteiger partial charge in [-0.3, -0.25) is 0 Å². The molecule has 0 aliphatic carbocycles. The summed E-state index contributed by atoms with van der Waals surface area (Å²) in [6.45, 7) is 2.92. The van der Waals surface area contributed by atoms with Gasteiger partial charge in [0, 0.05) is 19.6 Å². The van der Waals surface area contributed by atoms with Crippen LogP contribution in [0.4, 0.5) is 13.2 Å². The molecule has 1 rings (SSSR count). The van der Waals surface area contributed by atoms with Crippen LogP contribution in [0.25, 0.3) is 0 Å². The fraction of sp³-hybridized carbons (Fsp3) is 0.538. The summed E-state index contributed by atoms with van der Waals surface area (Å²) in [6, 6.07) is 1.60. The molecule has 0 aromatic heterocycles. The Morgan fingerprint density at radius 2 is 1.78 bits per heavy atom. The molecule has 1 aromatic carbocycles. The lowest BCUT2D eigenvalue weighted by Crippen LogP contribution is -2.06. The van der Waals surface area contributed by atoms with Gasteiger partial charge in [0.1, 0.15) is 0 Å². The molecule has 0 spiro atoms. The zero-order valence-corrected chi connectivity index (χ0v) is 10.3. The number of ether oxygens (including phenoxy) is 1. The molecule has 0 saturated carbocycles. The maximum absolute atomic E-state index is 12.9. The summed E-state index contributed by atoms with van der Waals surface area (Å²) in [5.41, 5.74) is 0.0190. The number of rotatable bonds is 7. The first-order chi connectivity index (χ1) is 8.56. The quantitative estimate of drug-likeness (QED) is 0.603. The van der Waals surface area contributed by atoms with Crippen LogP contribution >= 0.6 is 0 Å². The summed E-state index contributed by atoms with van der Waals surface area (Å²) in [7, 11) is 0. The summed E-state index contributed by atoms with van der Waals surface area (Å²) in [5, 5.41) is 9.68. The fourth-order valence-electron chi connectivity index (χ4n) is 1.48. The lowest BCUT2D eigenvalue weighted by molar-refractivity contribution is 0.0801. The van der Waals surface area contributed by atoms with Crippen LogP contribution in [0.15, 0.2) is 12.1 Å². The molecule has 0 heterocycles. The van der Waals surface area contributed by atoms with E-state index in [1.807, 2.05) is 6.92 Å². The first kappa shape index (κ1) is 15.0. The molecular weight excluding hydrogens is 245 g/mol. The van der Waals surface area contributed by atoms with Gasteiger partial charge in [-0.1, -0.05) is 13.3 Å². The molecule has 18 heavy (non-hydrogen) atoms. The number of aliphatic hydroxyl groups excluding tert-OH is 1. The Morgan fingerprint density at radius 1 is 1.17 bits per heavy atom. The van der Waals surface area contributed by atoms with Crippen LogP contribution in [0.1, 0.15) is 37.9 Å². The van der Waals surface area contributed by atoms with Crippen molar-refractivity contribution < 1.29 is 23.0 Å². The van der Waals surface area contributed by atoms with Crippen LogP contribution in [0, 0.1) is 17.5 Å². The zero-order chi connectivity index (χ0) is 13.5. The van der Waals surface area contributed by atoms with Crippen molar-refractivity contribution in [3.63, 3.8) is 0 Å². The molecule has 1 atom stereocenters. The number of hydrogen-bond donors (Lipinski definition) is 1. The van der Waals surface area contributed by atoms with Gasteiger partial charge in [-0.05, 0) is 24.1 Å². The molecule has 1 N–H and O–H groups in total. The number of unbranched alkanes of at least 4 members (excludes halogenated alkanes) is 1. The van der Waals surface area contributed by atoms with Gasteiger partial charge in [0.05, 0.1) is 6.10 Å². The van der Waals surface area contributed by atoms with Gasteiger partial charge < -0.3 is 9.84 Å². The molecule has 0 aliphatic heterocycles. The van der Waals surface area contributed by atoms with E-state index in [2.05, 4.69) is 0 Å². The van der Waals surface area contributed by atoms with Crippen LogP contribution in [0.5, 0.6) is 0 Å². The molecule has 0 radical (unpaired) electrons. The van der Waals surface area contributed by atoms with Crippen molar-refractivity contribution in [3.8, 4) is 0 Å². The molecule has 0 bridgehead atoms. The largest absolute Gasteiger partial charge is 0.388 e. The number of benzene rings is 1. The Bertz CT molecular complexity index is 359. The minimum Gasteiger partial charge on any atom is -0.388 e. The molecule has 1 unspecified atom stereocenters. The van der Waals surface area contributed by atoms with Crippen LogP contribution < -0.4 is 0 Å². The molecule has 102 valence electrons. The lowest BCUT2D eigenvalue weighted by atomic mass is 10.1. The van der Waals surface area contributed by atoms with E-state index in [-0.39, 0.29) is 12.0 Å². The Kier molecular flexibility index (Phi) is 6.15. The highest BCUT2D eigenvalue weighted by Crippen LogP contribution is 2.21. The Labute approximate surface area is 104 Å². The number of aliphatic hydroxyl groups is 1. The number of hydrogen-bond acceptors (Lipinski definition) is 2. The molecule has 5 heteroatoms. The molecule has 0 amide bonds. The summed E-state index contributed by atoms with van der Waals surface area (Å²) < 4.78 is 43.8. The van der Waals surface area contributed by atoms with Crippen molar-refractivity contribution in [3.05, 3.63) is 35.1 Å². The average Bonchev–Trinajstić information content (AvgIpc) is 2.34. The van der Waals surface area contributed by atoms with E-state index in [4.69, 9.17) is 4.74 Å². The zero-order valence-electron chi connectivity index (χ0n) is 10.3. The molecule has 1 aromatic rings. The van der Waals surface area contributed by atoms with E-state index in [9.17, 15) is 18.3 Å². The van der Waals surface area contributed by atoms with E-state index in [1.54, 1.807) is 0 Å². The van der Waals surface area contributed by atoms with Gasteiger partial charge in [-0.25, -0.2) is 13.2 Å². The molecule has 0 aliphatic rings. The van der Waals surface area contributed by atoms with Crippen molar-refractivity contribution in [1.82, 2.24) is 0 Å². The Balaban J connectivity index is 2.49. The normalized spacial score (nSPS) is 12.7. The average molecular weight is 262 g/mol. The van der Waals surface area contributed by atoms with Crippen molar-refractivity contribution in [2.24, 2.45) is 0 Å². The smallest absolute Gasteiger partial charge is 0.194 e. The molecule has 0 fully saturated rings. The minimum absolute atomic E-state index is 0.0190. The monoisotopic (exact) mass is 262 g/mol. The maximum Gasteiger partial charge on any atom is 0.194 e. The van der Waals surface area contributed by atoms with Crippen LogP contribution in [0.2, 0.25) is 0 Å². The van der Waals surface area contributed by atoms with Crippen molar-refractivity contribution in [1.29, 1.82) is 0 Å². The molecule has 2 nitrogen and oxygen atoms in total. The highest BCUT2D eigenvalue weighted by Gasteiger charge is 2.15. The summed E-state index contributed by atoms with van der Waals surface area (Å²) in [6.07, 6.45) is 1.09. The molecule has 0 saturated heterocycles. The minimum atomic E-state index is -1.52. The second-order valence-corrected chi connectivity index (χ2v) is 4.07. The van der Waals surface area contributed by atoms with Gasteiger partial charge >= 0.3 is 0 Å². The van der Waals surface area contributed by atoms with Gasteiger partial charge in [-0.15, -0.1) is 0 Å². The van der Waals surface area contributed by atoms with E-state index in [0.717, 1.165) is 25.0 Å². The Morgan fingerprint density at radius 3 is 2.33 bits per heavy atom. The van der Waals surface area contributed by atoms with Gasteiger partial charge in [0.25, 0.3) is 0 Å². The van der Waals surface area contributed by atoms with E-state index in [0.29, 0.717) is 13.2 Å². The van der Waals surface area contributed by atoms with Crippen molar-refractivity contribution in [2.75, 3.05) is 13.2 Å². The van der Waals surface area contributed by atoms with Gasteiger partial charge in [-0.2, -0.15) is 0 Å². The van der Waals surface area contributed by atoms with E-state index < -0.39 is 23.6 Å². The fourth-order valence-corrected chi connectivity index (χ4v) is 1.48.